The second-order valence-electron chi connectivity index (χ2n) is 6.25. The zero-order chi connectivity index (χ0) is 16.3. The molecular formula is C14H25N3O4S. The van der Waals surface area contributed by atoms with E-state index in [1.54, 1.807) is 4.90 Å². The first-order valence-electron chi connectivity index (χ1n) is 7.78. The molecule has 0 spiro atoms. The molecule has 2 fully saturated rings. The van der Waals surface area contributed by atoms with Crippen LogP contribution in [0.5, 0.6) is 0 Å². The largest absolute Gasteiger partial charge is 0.353 e. The standard InChI is InChI=1S/C14H25N3O4S/c1-11(18)16-7-3-4-12(10-16)14(19)15-13-5-8-17(9-6-13)22(2,20)21/h12-13H,3-10H2,1-2H3,(H,15,19)/t12-/m1/s1. The van der Waals surface area contributed by atoms with Gasteiger partial charge in [0.2, 0.25) is 21.8 Å². The lowest BCUT2D eigenvalue weighted by Crippen LogP contribution is -2.50. The fourth-order valence-corrected chi connectivity index (χ4v) is 4.00. The minimum atomic E-state index is -3.14. The van der Waals surface area contributed by atoms with Crippen LogP contribution in [0.25, 0.3) is 0 Å². The predicted octanol–water partition coefficient (Wildman–Crippen LogP) is -0.215. The average Bonchev–Trinajstić information content (AvgIpc) is 2.47. The molecule has 0 aromatic heterocycles. The molecule has 0 radical (unpaired) electrons. The summed E-state index contributed by atoms with van der Waals surface area (Å²) in [6, 6.07) is 0.0261. The summed E-state index contributed by atoms with van der Waals surface area (Å²) in [6.07, 6.45) is 4.15. The van der Waals surface area contributed by atoms with Crippen LogP contribution in [0.4, 0.5) is 0 Å². The Labute approximate surface area is 132 Å². The number of amides is 2. The molecule has 2 amide bonds. The van der Waals surface area contributed by atoms with E-state index in [-0.39, 0.29) is 23.8 Å². The van der Waals surface area contributed by atoms with Crippen LogP contribution < -0.4 is 5.32 Å². The van der Waals surface area contributed by atoms with Crippen molar-refractivity contribution in [1.29, 1.82) is 0 Å². The van der Waals surface area contributed by atoms with E-state index < -0.39 is 10.0 Å². The number of nitrogens with one attached hydrogen (secondary N) is 1. The predicted molar refractivity (Wildman–Crippen MR) is 82.6 cm³/mol. The topological polar surface area (TPSA) is 86.8 Å². The van der Waals surface area contributed by atoms with E-state index in [2.05, 4.69) is 5.32 Å². The quantitative estimate of drug-likeness (QED) is 0.775. The maximum atomic E-state index is 12.3. The molecular weight excluding hydrogens is 306 g/mol. The number of likely N-dealkylation sites (tertiary alicyclic amines) is 1. The van der Waals surface area contributed by atoms with Crippen molar-refractivity contribution >= 4 is 21.8 Å². The van der Waals surface area contributed by atoms with Gasteiger partial charge in [-0.3, -0.25) is 9.59 Å². The molecule has 0 unspecified atom stereocenters. The Morgan fingerprint density at radius 1 is 1.09 bits per heavy atom. The van der Waals surface area contributed by atoms with Gasteiger partial charge in [0.25, 0.3) is 0 Å². The lowest BCUT2D eigenvalue weighted by Gasteiger charge is -2.34. The van der Waals surface area contributed by atoms with Crippen LogP contribution in [0.3, 0.4) is 0 Å². The Morgan fingerprint density at radius 2 is 1.73 bits per heavy atom. The molecule has 0 bridgehead atoms. The van der Waals surface area contributed by atoms with Gasteiger partial charge in [0.05, 0.1) is 12.2 Å². The third-order valence-corrected chi connectivity index (χ3v) is 5.81. The van der Waals surface area contributed by atoms with Crippen molar-refractivity contribution < 1.29 is 18.0 Å². The van der Waals surface area contributed by atoms with Gasteiger partial charge in [-0.1, -0.05) is 0 Å². The van der Waals surface area contributed by atoms with Crippen LogP contribution in [0.15, 0.2) is 0 Å². The van der Waals surface area contributed by atoms with Gasteiger partial charge in [-0.25, -0.2) is 12.7 Å². The van der Waals surface area contributed by atoms with Gasteiger partial charge in [0.15, 0.2) is 0 Å². The summed E-state index contributed by atoms with van der Waals surface area (Å²) >= 11 is 0. The highest BCUT2D eigenvalue weighted by Crippen LogP contribution is 2.19. The van der Waals surface area contributed by atoms with E-state index in [4.69, 9.17) is 0 Å². The average molecular weight is 331 g/mol. The third-order valence-electron chi connectivity index (χ3n) is 4.51. The highest BCUT2D eigenvalue weighted by molar-refractivity contribution is 7.88. The van der Waals surface area contributed by atoms with Gasteiger partial charge in [0.1, 0.15) is 0 Å². The molecule has 0 saturated carbocycles. The molecule has 1 atom stereocenters. The normalized spacial score (nSPS) is 25.0. The zero-order valence-electron chi connectivity index (χ0n) is 13.2. The minimum Gasteiger partial charge on any atom is -0.353 e. The highest BCUT2D eigenvalue weighted by atomic mass is 32.2. The Bertz CT molecular complexity index is 526. The Hall–Kier alpha value is -1.15. The molecule has 126 valence electrons. The molecule has 7 nitrogen and oxygen atoms in total. The van der Waals surface area contributed by atoms with E-state index in [9.17, 15) is 18.0 Å². The monoisotopic (exact) mass is 331 g/mol. The fraction of sp³-hybridized carbons (Fsp3) is 0.857. The third kappa shape index (κ3) is 4.42. The summed E-state index contributed by atoms with van der Waals surface area (Å²) in [4.78, 5) is 25.5. The SMILES string of the molecule is CC(=O)N1CCC[C@@H](C(=O)NC2CCN(S(C)(=O)=O)CC2)C1. The van der Waals surface area contributed by atoms with Crippen molar-refractivity contribution in [3.05, 3.63) is 0 Å². The Morgan fingerprint density at radius 3 is 2.27 bits per heavy atom. The van der Waals surface area contributed by atoms with E-state index >= 15 is 0 Å². The first-order chi connectivity index (χ1) is 10.3. The number of sulfonamides is 1. The summed E-state index contributed by atoms with van der Waals surface area (Å²) < 4.78 is 24.4. The molecule has 2 rings (SSSR count). The highest BCUT2D eigenvalue weighted by Gasteiger charge is 2.30. The maximum Gasteiger partial charge on any atom is 0.225 e. The summed E-state index contributed by atoms with van der Waals surface area (Å²) in [7, 11) is -3.14. The number of hydrogen-bond donors (Lipinski definition) is 1. The molecule has 1 N–H and O–H groups in total. The van der Waals surface area contributed by atoms with E-state index in [1.807, 2.05) is 0 Å². The molecule has 2 aliphatic heterocycles. The number of hydrogen-bond acceptors (Lipinski definition) is 4. The number of piperidine rings is 2. The second kappa shape index (κ2) is 6.95. The molecule has 22 heavy (non-hydrogen) atoms. The van der Waals surface area contributed by atoms with Crippen molar-refractivity contribution in [2.45, 2.75) is 38.6 Å². The van der Waals surface area contributed by atoms with Crippen LogP contribution in [0.1, 0.15) is 32.6 Å². The number of nitrogens with zero attached hydrogens (tertiary/aromatic N) is 2. The number of rotatable bonds is 3. The van der Waals surface area contributed by atoms with Crippen molar-refractivity contribution in [1.82, 2.24) is 14.5 Å². The lowest BCUT2D eigenvalue weighted by atomic mass is 9.96. The second-order valence-corrected chi connectivity index (χ2v) is 8.23. The van der Waals surface area contributed by atoms with Crippen molar-refractivity contribution in [2.24, 2.45) is 5.92 Å². The van der Waals surface area contributed by atoms with E-state index in [0.29, 0.717) is 32.5 Å². The maximum absolute atomic E-state index is 12.3. The molecule has 2 saturated heterocycles. The van der Waals surface area contributed by atoms with Gasteiger partial charge >= 0.3 is 0 Å². The first kappa shape index (κ1) is 17.2. The molecule has 0 aliphatic carbocycles. The van der Waals surface area contributed by atoms with Crippen molar-refractivity contribution in [3.63, 3.8) is 0 Å². The number of carbonyl (C=O) groups excluding carboxylic acids is 2. The van der Waals surface area contributed by atoms with Crippen molar-refractivity contribution in [3.8, 4) is 0 Å². The van der Waals surface area contributed by atoms with Gasteiger partial charge in [-0.15, -0.1) is 0 Å². The lowest BCUT2D eigenvalue weighted by molar-refractivity contribution is -0.134. The summed E-state index contributed by atoms with van der Waals surface area (Å²) in [5.74, 6) is -0.145. The zero-order valence-corrected chi connectivity index (χ0v) is 14.1. The Kier molecular flexibility index (Phi) is 5.44. The molecule has 2 aliphatic rings. The van der Waals surface area contributed by atoms with Crippen LogP contribution in [-0.4, -0.2) is 67.9 Å². The van der Waals surface area contributed by atoms with E-state index in [1.165, 1.54) is 17.5 Å². The summed E-state index contributed by atoms with van der Waals surface area (Å²) in [5, 5.41) is 3.02. The van der Waals surface area contributed by atoms with Crippen molar-refractivity contribution in [2.75, 3.05) is 32.4 Å². The van der Waals surface area contributed by atoms with Gasteiger partial charge in [-0.05, 0) is 25.7 Å². The number of carbonyl (C=O) groups is 2. The molecule has 2 heterocycles. The fourth-order valence-electron chi connectivity index (χ4n) is 3.13. The van der Waals surface area contributed by atoms with E-state index in [0.717, 1.165) is 19.4 Å². The molecule has 8 heteroatoms. The first-order valence-corrected chi connectivity index (χ1v) is 9.63. The van der Waals surface area contributed by atoms with Gasteiger partial charge in [-0.2, -0.15) is 0 Å². The van der Waals surface area contributed by atoms with Crippen LogP contribution in [0, 0.1) is 5.92 Å². The van der Waals surface area contributed by atoms with Gasteiger partial charge in [0, 0.05) is 39.1 Å². The molecule has 0 aromatic carbocycles. The summed E-state index contributed by atoms with van der Waals surface area (Å²) in [6.45, 7) is 3.65. The van der Waals surface area contributed by atoms with Crippen LogP contribution >= 0.6 is 0 Å². The Balaban J connectivity index is 1.82. The molecule has 0 aromatic rings. The minimum absolute atomic E-state index is 0.0104. The smallest absolute Gasteiger partial charge is 0.225 e. The van der Waals surface area contributed by atoms with Crippen LogP contribution in [-0.2, 0) is 19.6 Å². The summed E-state index contributed by atoms with van der Waals surface area (Å²) in [5.41, 5.74) is 0. The van der Waals surface area contributed by atoms with Gasteiger partial charge < -0.3 is 10.2 Å². The van der Waals surface area contributed by atoms with Crippen LogP contribution in [0.2, 0.25) is 0 Å².